The smallest absolute Gasteiger partial charge is 0.322 e. The number of imide groups is 1. The number of carbonyl (C=O) groups is 3. The van der Waals surface area contributed by atoms with Crippen LogP contribution in [-0.2, 0) is 9.59 Å². The van der Waals surface area contributed by atoms with E-state index in [-0.39, 0.29) is 23.8 Å². The first-order valence-electron chi connectivity index (χ1n) is 7.01. The van der Waals surface area contributed by atoms with Crippen molar-refractivity contribution in [3.05, 3.63) is 0 Å². The van der Waals surface area contributed by atoms with E-state index >= 15 is 0 Å². The number of hydrogen-bond acceptors (Lipinski definition) is 4. The molecule has 1 unspecified atom stereocenters. The maximum Gasteiger partial charge on any atom is 0.322 e. The summed E-state index contributed by atoms with van der Waals surface area (Å²) in [5.41, 5.74) is 5.09. The van der Waals surface area contributed by atoms with Gasteiger partial charge in [0.1, 0.15) is 5.54 Å². The topological polar surface area (TPSA) is 105 Å². The molecule has 0 aromatic carbocycles. The number of urea groups is 1. The SMILES string of the molecule is CC(C)C(N)CC(=O)N1CCC2(CC1)NC(=O)NC2=O. The van der Waals surface area contributed by atoms with Crippen molar-refractivity contribution < 1.29 is 14.4 Å². The lowest BCUT2D eigenvalue weighted by Crippen LogP contribution is -2.56. The molecular weight excluding hydrogens is 260 g/mol. The first-order valence-corrected chi connectivity index (χ1v) is 7.01. The third-order valence-electron chi connectivity index (χ3n) is 4.25. The van der Waals surface area contributed by atoms with Crippen molar-refractivity contribution in [2.75, 3.05) is 13.1 Å². The molecule has 2 saturated heterocycles. The normalized spacial score (nSPS) is 22.9. The maximum atomic E-state index is 12.1. The Labute approximate surface area is 118 Å². The Balaban J connectivity index is 1.90. The number of nitrogens with one attached hydrogen (secondary N) is 2. The first-order chi connectivity index (χ1) is 9.34. The number of nitrogens with zero attached hydrogens (tertiary/aromatic N) is 1. The highest BCUT2D eigenvalue weighted by atomic mass is 16.2. The summed E-state index contributed by atoms with van der Waals surface area (Å²) < 4.78 is 0. The summed E-state index contributed by atoms with van der Waals surface area (Å²) in [4.78, 5) is 36.9. The average molecular weight is 282 g/mol. The third kappa shape index (κ3) is 2.77. The van der Waals surface area contributed by atoms with Crippen molar-refractivity contribution in [3.8, 4) is 0 Å². The first kappa shape index (κ1) is 14.8. The Morgan fingerprint density at radius 2 is 1.95 bits per heavy atom. The molecule has 7 nitrogen and oxygen atoms in total. The summed E-state index contributed by atoms with van der Waals surface area (Å²) in [5.74, 6) is -0.00533. The minimum Gasteiger partial charge on any atom is -0.342 e. The predicted molar refractivity (Wildman–Crippen MR) is 72.6 cm³/mol. The maximum absolute atomic E-state index is 12.1. The Hall–Kier alpha value is -1.63. The second-order valence-corrected chi connectivity index (χ2v) is 5.98. The summed E-state index contributed by atoms with van der Waals surface area (Å²) >= 11 is 0. The van der Waals surface area contributed by atoms with Gasteiger partial charge < -0.3 is 16.0 Å². The molecule has 2 aliphatic heterocycles. The number of amides is 4. The standard InChI is InChI=1S/C13H22N4O3/c1-8(2)9(14)7-10(18)17-5-3-13(4-6-17)11(19)15-12(20)16-13/h8-9H,3-7,14H2,1-2H3,(H2,15,16,19,20). The van der Waals surface area contributed by atoms with Gasteiger partial charge in [-0.2, -0.15) is 0 Å². The molecule has 2 fully saturated rings. The molecular formula is C13H22N4O3. The summed E-state index contributed by atoms with van der Waals surface area (Å²) in [6.07, 6.45) is 1.23. The fourth-order valence-corrected chi connectivity index (χ4v) is 2.58. The zero-order chi connectivity index (χ0) is 14.9. The van der Waals surface area contributed by atoms with Gasteiger partial charge in [-0.05, 0) is 18.8 Å². The van der Waals surface area contributed by atoms with Gasteiger partial charge in [-0.1, -0.05) is 13.8 Å². The quantitative estimate of drug-likeness (QED) is 0.610. The molecule has 2 aliphatic rings. The monoisotopic (exact) mass is 282 g/mol. The lowest BCUT2D eigenvalue weighted by Gasteiger charge is -2.37. The van der Waals surface area contributed by atoms with Crippen LogP contribution in [0.2, 0.25) is 0 Å². The van der Waals surface area contributed by atoms with E-state index < -0.39 is 11.6 Å². The van der Waals surface area contributed by atoms with Crippen molar-refractivity contribution >= 4 is 17.8 Å². The van der Waals surface area contributed by atoms with Gasteiger partial charge in [0.15, 0.2) is 0 Å². The van der Waals surface area contributed by atoms with Crippen LogP contribution in [0.4, 0.5) is 4.79 Å². The van der Waals surface area contributed by atoms with Crippen LogP contribution in [0.3, 0.4) is 0 Å². The number of likely N-dealkylation sites (tertiary alicyclic amines) is 1. The van der Waals surface area contributed by atoms with Crippen molar-refractivity contribution in [2.24, 2.45) is 11.7 Å². The van der Waals surface area contributed by atoms with Crippen LogP contribution in [0.15, 0.2) is 0 Å². The average Bonchev–Trinajstić information content (AvgIpc) is 2.64. The number of hydrogen-bond donors (Lipinski definition) is 3. The molecule has 2 rings (SSSR count). The number of nitrogens with two attached hydrogens (primary N) is 1. The van der Waals surface area contributed by atoms with Crippen molar-refractivity contribution in [2.45, 2.75) is 44.7 Å². The van der Waals surface area contributed by atoms with E-state index in [1.54, 1.807) is 4.90 Å². The van der Waals surface area contributed by atoms with Crippen LogP contribution >= 0.6 is 0 Å². The van der Waals surface area contributed by atoms with E-state index in [2.05, 4.69) is 10.6 Å². The molecule has 0 aromatic rings. The Morgan fingerprint density at radius 1 is 1.35 bits per heavy atom. The zero-order valence-corrected chi connectivity index (χ0v) is 11.9. The fraction of sp³-hybridized carbons (Fsp3) is 0.769. The van der Waals surface area contributed by atoms with Gasteiger partial charge in [-0.15, -0.1) is 0 Å². The predicted octanol–water partition coefficient (Wildman–Crippen LogP) is -0.440. The Bertz CT molecular complexity index is 427. The number of rotatable bonds is 3. The molecule has 2 heterocycles. The van der Waals surface area contributed by atoms with Gasteiger partial charge >= 0.3 is 6.03 Å². The Kier molecular flexibility index (Phi) is 3.99. The van der Waals surface area contributed by atoms with Gasteiger partial charge in [-0.25, -0.2) is 4.79 Å². The van der Waals surface area contributed by atoms with Gasteiger partial charge in [0.05, 0.1) is 0 Å². The molecule has 0 aliphatic carbocycles. The number of carbonyl (C=O) groups excluding carboxylic acids is 3. The second-order valence-electron chi connectivity index (χ2n) is 5.98. The van der Waals surface area contributed by atoms with Crippen molar-refractivity contribution in [1.29, 1.82) is 0 Å². The molecule has 4 N–H and O–H groups in total. The van der Waals surface area contributed by atoms with E-state index in [9.17, 15) is 14.4 Å². The van der Waals surface area contributed by atoms with Crippen LogP contribution in [-0.4, -0.2) is 47.4 Å². The molecule has 0 bridgehead atoms. The van der Waals surface area contributed by atoms with Crippen LogP contribution in [0, 0.1) is 5.92 Å². The van der Waals surface area contributed by atoms with Crippen LogP contribution in [0.1, 0.15) is 33.1 Å². The van der Waals surface area contributed by atoms with E-state index in [0.717, 1.165) is 0 Å². The van der Waals surface area contributed by atoms with Gasteiger partial charge in [0.25, 0.3) is 5.91 Å². The van der Waals surface area contributed by atoms with E-state index in [1.165, 1.54) is 0 Å². The minimum atomic E-state index is -0.825. The molecule has 0 radical (unpaired) electrons. The van der Waals surface area contributed by atoms with Crippen LogP contribution in [0.25, 0.3) is 0 Å². The lowest BCUT2D eigenvalue weighted by molar-refractivity contribution is -0.136. The second kappa shape index (κ2) is 5.40. The molecule has 1 atom stereocenters. The Morgan fingerprint density at radius 3 is 2.40 bits per heavy atom. The molecule has 0 aromatic heterocycles. The van der Waals surface area contributed by atoms with Crippen molar-refractivity contribution in [1.82, 2.24) is 15.5 Å². The zero-order valence-electron chi connectivity index (χ0n) is 11.9. The van der Waals surface area contributed by atoms with Gasteiger partial charge in [-0.3, -0.25) is 14.9 Å². The summed E-state index contributed by atoms with van der Waals surface area (Å²) in [6, 6.07) is -0.593. The minimum absolute atomic E-state index is 0.0192. The van der Waals surface area contributed by atoms with Crippen molar-refractivity contribution in [3.63, 3.8) is 0 Å². The fourth-order valence-electron chi connectivity index (χ4n) is 2.58. The molecule has 20 heavy (non-hydrogen) atoms. The summed E-state index contributed by atoms with van der Waals surface area (Å²) in [5, 5.41) is 4.93. The third-order valence-corrected chi connectivity index (χ3v) is 4.25. The molecule has 7 heteroatoms. The van der Waals surface area contributed by atoms with Gasteiger partial charge in [0, 0.05) is 25.6 Å². The molecule has 112 valence electrons. The molecule has 1 spiro atoms. The van der Waals surface area contributed by atoms with E-state index in [4.69, 9.17) is 5.73 Å². The highest BCUT2D eigenvalue weighted by molar-refractivity contribution is 6.07. The highest BCUT2D eigenvalue weighted by Gasteiger charge is 2.48. The largest absolute Gasteiger partial charge is 0.342 e. The number of piperidine rings is 1. The van der Waals surface area contributed by atoms with Gasteiger partial charge in [0.2, 0.25) is 5.91 Å². The molecule has 0 saturated carbocycles. The van der Waals surface area contributed by atoms with E-state index in [1.807, 2.05) is 13.8 Å². The van der Waals surface area contributed by atoms with E-state index in [0.29, 0.717) is 32.4 Å². The highest BCUT2D eigenvalue weighted by Crippen LogP contribution is 2.26. The molecule has 4 amide bonds. The summed E-state index contributed by atoms with van der Waals surface area (Å²) in [7, 11) is 0. The van der Waals surface area contributed by atoms with Crippen LogP contribution in [0.5, 0.6) is 0 Å². The summed E-state index contributed by atoms with van der Waals surface area (Å²) in [6.45, 7) is 4.91. The lowest BCUT2D eigenvalue weighted by atomic mass is 9.87. The van der Waals surface area contributed by atoms with Crippen LogP contribution < -0.4 is 16.4 Å².